The first-order valence-corrected chi connectivity index (χ1v) is 14.5. The van der Waals surface area contributed by atoms with Crippen molar-refractivity contribution in [3.8, 4) is 11.5 Å². The van der Waals surface area contributed by atoms with Gasteiger partial charge in [0, 0.05) is 23.2 Å². The Morgan fingerprint density at radius 1 is 0.579 bits per heavy atom. The highest BCUT2D eigenvalue weighted by atomic mass is 79.9. The van der Waals surface area contributed by atoms with Gasteiger partial charge in [-0.1, -0.05) is 25.7 Å². The Morgan fingerprint density at radius 2 is 1.00 bits per heavy atom. The first-order valence-electron chi connectivity index (χ1n) is 14.5. The summed E-state index contributed by atoms with van der Waals surface area (Å²) in [5.41, 5.74) is 2.33. The molecule has 7 heteroatoms. The molecule has 2 aromatic rings. The Labute approximate surface area is 237 Å². The van der Waals surface area contributed by atoms with Crippen molar-refractivity contribution in [1.82, 2.24) is 10.6 Å². The molecule has 0 saturated heterocycles. The second kappa shape index (κ2) is 13.0. The predicted molar refractivity (Wildman–Crippen MR) is 159 cm³/mol. The van der Waals surface area contributed by atoms with Crippen molar-refractivity contribution in [2.75, 3.05) is 13.2 Å². The fraction of sp³-hybridized carbons (Fsp3) is 0.548. The molecule has 0 radical (unpaired) electrons. The largest absolute Gasteiger partial charge is 0.494 e. The monoisotopic (exact) mass is 580 g/mol. The molecule has 2 saturated carbocycles. The summed E-state index contributed by atoms with van der Waals surface area (Å²) in [5, 5.41) is 7.25. The zero-order valence-electron chi connectivity index (χ0n) is 22.2. The number of fused-ring (bicyclic) bond motifs is 2. The minimum atomic E-state index is 0. The highest BCUT2D eigenvalue weighted by Crippen LogP contribution is 2.28. The molecule has 6 nitrogen and oxygen atoms in total. The van der Waals surface area contributed by atoms with Crippen LogP contribution in [-0.4, -0.2) is 49.1 Å². The number of nitrogens with zero attached hydrogens (tertiary/aromatic N) is 2. The minimum absolute atomic E-state index is 0. The summed E-state index contributed by atoms with van der Waals surface area (Å²) in [6, 6.07) is 18.8. The van der Waals surface area contributed by atoms with E-state index in [4.69, 9.17) is 19.5 Å². The molecule has 2 aromatic carbocycles. The maximum atomic E-state index is 5.96. The molecule has 0 spiro atoms. The van der Waals surface area contributed by atoms with Gasteiger partial charge in [-0.05, 0) is 93.5 Å². The van der Waals surface area contributed by atoms with E-state index in [2.05, 4.69) is 59.2 Å². The molecule has 2 aliphatic heterocycles. The van der Waals surface area contributed by atoms with E-state index in [0.717, 1.165) is 66.8 Å². The molecule has 0 amide bonds. The molecule has 38 heavy (non-hydrogen) atoms. The van der Waals surface area contributed by atoms with Crippen LogP contribution >= 0.6 is 17.0 Å². The van der Waals surface area contributed by atoms with E-state index in [0.29, 0.717) is 24.2 Å². The smallest absolute Gasteiger partial charge is 0.128 e. The minimum Gasteiger partial charge on any atom is -0.494 e. The van der Waals surface area contributed by atoms with Crippen LogP contribution in [-0.2, 0) is 0 Å². The second-order valence-corrected chi connectivity index (χ2v) is 11.0. The maximum Gasteiger partial charge on any atom is 0.128 e. The number of hydrogen-bond acceptors (Lipinski definition) is 6. The predicted octanol–water partition coefficient (Wildman–Crippen LogP) is 6.21. The highest BCUT2D eigenvalue weighted by Gasteiger charge is 2.32. The normalized spacial score (nSPS) is 25.6. The van der Waals surface area contributed by atoms with Gasteiger partial charge in [0.25, 0.3) is 0 Å². The van der Waals surface area contributed by atoms with E-state index in [1.54, 1.807) is 0 Å². The van der Waals surface area contributed by atoms with Crippen LogP contribution in [0.4, 0.5) is 0 Å². The molecule has 4 atom stereocenters. The number of hydrogen-bond donors (Lipinski definition) is 2. The Hall–Kier alpha value is -2.54. The third-order valence-electron chi connectivity index (χ3n) is 8.27. The molecule has 204 valence electrons. The van der Waals surface area contributed by atoms with Gasteiger partial charge in [0.15, 0.2) is 0 Å². The number of rotatable bonds is 10. The van der Waals surface area contributed by atoms with Crippen LogP contribution in [0.1, 0.15) is 81.8 Å². The van der Waals surface area contributed by atoms with E-state index in [1.165, 1.54) is 51.4 Å². The molecule has 2 N–H and O–H groups in total. The van der Waals surface area contributed by atoms with Crippen LogP contribution in [0, 0.1) is 0 Å². The standard InChI is InChI=1S/C31H40N4O2.BrH/c1(6-20-36-24-16-12-22(13-17-24)30-32-26-8-2-3-9-27(26)33-30)7-21-37-25-18-14-23(15-19-25)31-34-28-10-4-5-11-29(28)35-31;/h12-19,26-29H,1-11,20-21H2,(H,32,33)(H,34,35);1H. The third kappa shape index (κ3) is 6.53. The van der Waals surface area contributed by atoms with Gasteiger partial charge in [0.2, 0.25) is 0 Å². The number of amidine groups is 2. The lowest BCUT2D eigenvalue weighted by Gasteiger charge is -2.23. The van der Waals surface area contributed by atoms with Crippen molar-refractivity contribution in [3.05, 3.63) is 59.7 Å². The van der Waals surface area contributed by atoms with Crippen LogP contribution in [0.5, 0.6) is 11.5 Å². The summed E-state index contributed by atoms with van der Waals surface area (Å²) in [5.74, 6) is 3.97. The molecule has 4 aliphatic rings. The van der Waals surface area contributed by atoms with Crippen LogP contribution in [0.25, 0.3) is 0 Å². The fourth-order valence-electron chi connectivity index (χ4n) is 6.12. The van der Waals surface area contributed by atoms with Gasteiger partial charge in [-0.25, -0.2) is 0 Å². The molecule has 2 aliphatic carbocycles. The second-order valence-electron chi connectivity index (χ2n) is 11.0. The summed E-state index contributed by atoms with van der Waals surface area (Å²) < 4.78 is 11.9. The van der Waals surface area contributed by atoms with Gasteiger partial charge in [0.1, 0.15) is 23.2 Å². The first kappa shape index (κ1) is 27.0. The molecule has 6 rings (SSSR count). The number of halogens is 1. The average molecular weight is 582 g/mol. The number of aliphatic imine (C=N–C) groups is 2. The molecule has 4 unspecified atom stereocenters. The summed E-state index contributed by atoms with van der Waals surface area (Å²) in [4.78, 5) is 9.83. The van der Waals surface area contributed by atoms with E-state index in [9.17, 15) is 0 Å². The van der Waals surface area contributed by atoms with E-state index < -0.39 is 0 Å². The van der Waals surface area contributed by atoms with Gasteiger partial charge >= 0.3 is 0 Å². The third-order valence-corrected chi connectivity index (χ3v) is 8.27. The lowest BCUT2D eigenvalue weighted by atomic mass is 9.92. The van der Waals surface area contributed by atoms with Crippen molar-refractivity contribution >= 4 is 28.7 Å². The molecule has 0 bridgehead atoms. The van der Waals surface area contributed by atoms with Crippen LogP contribution in [0.3, 0.4) is 0 Å². The van der Waals surface area contributed by atoms with Crippen molar-refractivity contribution in [3.63, 3.8) is 0 Å². The van der Waals surface area contributed by atoms with Crippen molar-refractivity contribution < 1.29 is 9.47 Å². The Kier molecular flexibility index (Phi) is 9.26. The summed E-state index contributed by atoms with van der Waals surface area (Å²) in [7, 11) is 0. The van der Waals surface area contributed by atoms with E-state index in [1.807, 2.05) is 0 Å². The van der Waals surface area contributed by atoms with Crippen LogP contribution in [0.2, 0.25) is 0 Å². The first-order chi connectivity index (χ1) is 18.3. The Bertz CT molecular complexity index is 1010. The van der Waals surface area contributed by atoms with Crippen molar-refractivity contribution in [1.29, 1.82) is 0 Å². The topological polar surface area (TPSA) is 67.2 Å². The fourth-order valence-corrected chi connectivity index (χ4v) is 6.12. The van der Waals surface area contributed by atoms with Gasteiger partial charge < -0.3 is 20.1 Å². The van der Waals surface area contributed by atoms with Crippen LogP contribution < -0.4 is 20.1 Å². The summed E-state index contributed by atoms with van der Waals surface area (Å²) in [6.45, 7) is 1.46. The van der Waals surface area contributed by atoms with E-state index in [-0.39, 0.29) is 17.0 Å². The zero-order chi connectivity index (χ0) is 24.9. The molecular formula is C31H41BrN4O2. The number of nitrogens with one attached hydrogen (secondary N) is 2. The van der Waals surface area contributed by atoms with E-state index >= 15 is 0 Å². The number of benzene rings is 2. The highest BCUT2D eigenvalue weighted by molar-refractivity contribution is 8.93. The molecular weight excluding hydrogens is 540 g/mol. The molecule has 2 fully saturated rings. The van der Waals surface area contributed by atoms with Crippen molar-refractivity contribution in [2.45, 2.75) is 94.8 Å². The molecule has 2 heterocycles. The van der Waals surface area contributed by atoms with Gasteiger partial charge in [-0.3, -0.25) is 9.98 Å². The lowest BCUT2D eigenvalue weighted by Crippen LogP contribution is -2.36. The quantitative estimate of drug-likeness (QED) is 0.328. The van der Waals surface area contributed by atoms with Gasteiger partial charge in [-0.2, -0.15) is 0 Å². The maximum absolute atomic E-state index is 5.96. The van der Waals surface area contributed by atoms with Gasteiger partial charge in [-0.15, -0.1) is 17.0 Å². The van der Waals surface area contributed by atoms with Crippen LogP contribution in [0.15, 0.2) is 58.5 Å². The lowest BCUT2D eigenvalue weighted by molar-refractivity contribution is 0.279. The van der Waals surface area contributed by atoms with Gasteiger partial charge in [0.05, 0.1) is 25.3 Å². The summed E-state index contributed by atoms with van der Waals surface area (Å²) in [6.07, 6.45) is 13.3. The Morgan fingerprint density at radius 3 is 1.42 bits per heavy atom. The zero-order valence-corrected chi connectivity index (χ0v) is 24.0. The SMILES string of the molecule is Br.c1cc(C2=NC3CCCCC3N2)ccc1OCCCCCOc1ccc(C2=NC3CCCCC3N2)cc1. The summed E-state index contributed by atoms with van der Waals surface area (Å²) >= 11 is 0. The van der Waals surface area contributed by atoms with Crippen molar-refractivity contribution in [2.24, 2.45) is 9.98 Å². The number of unbranched alkanes of at least 4 members (excludes halogenated alkanes) is 2. The molecule has 0 aromatic heterocycles. The number of ether oxygens (including phenoxy) is 2. The Balaban J connectivity index is 0.00000294. The average Bonchev–Trinajstić information content (AvgIpc) is 3.58.